The Balaban J connectivity index is 2.31. The molecule has 316 valence electrons. The van der Waals surface area contributed by atoms with Crippen molar-refractivity contribution < 1.29 is 49.0 Å². The summed E-state index contributed by atoms with van der Waals surface area (Å²) in [5, 5.41) is 40.0. The third-order valence-electron chi connectivity index (χ3n) is 10.1. The number of allylic oxidation sites excluding steroid dienone is 4. The second-order valence-corrected chi connectivity index (χ2v) is 15.2. The van der Waals surface area contributed by atoms with Crippen LogP contribution in [0.4, 0.5) is 0 Å². The van der Waals surface area contributed by atoms with Gasteiger partial charge in [0.05, 0.1) is 13.2 Å². The minimum atomic E-state index is -1.59. The summed E-state index contributed by atoms with van der Waals surface area (Å²) in [6.07, 6.45) is 30.4. The lowest BCUT2D eigenvalue weighted by Gasteiger charge is -2.39. The molecule has 54 heavy (non-hydrogen) atoms. The fourth-order valence-corrected chi connectivity index (χ4v) is 6.57. The number of carbonyl (C=O) groups is 2. The third kappa shape index (κ3) is 26.9. The highest BCUT2D eigenvalue weighted by Crippen LogP contribution is 2.22. The molecule has 6 atom stereocenters. The second kappa shape index (κ2) is 35.6. The van der Waals surface area contributed by atoms with Crippen molar-refractivity contribution in [2.45, 2.75) is 224 Å². The van der Waals surface area contributed by atoms with Crippen LogP contribution in [-0.4, -0.2) is 89.0 Å². The topological polar surface area (TPSA) is 152 Å². The highest BCUT2D eigenvalue weighted by Gasteiger charge is 2.44. The summed E-state index contributed by atoms with van der Waals surface area (Å²) in [5.74, 6) is -0.808. The summed E-state index contributed by atoms with van der Waals surface area (Å²) in [6.45, 7) is 3.38. The van der Waals surface area contributed by atoms with Gasteiger partial charge in [0.1, 0.15) is 31.0 Å². The fraction of sp³-hybridized carbons (Fsp3) is 0.864. The fourth-order valence-electron chi connectivity index (χ4n) is 6.57. The van der Waals surface area contributed by atoms with Crippen molar-refractivity contribution in [2.24, 2.45) is 0 Å². The number of esters is 2. The quantitative estimate of drug-likeness (QED) is 0.0276. The number of hydrogen-bond donors (Lipinski definition) is 4. The predicted octanol–water partition coefficient (Wildman–Crippen LogP) is 8.94. The number of ether oxygens (including phenoxy) is 4. The Morgan fingerprint density at radius 3 is 1.57 bits per heavy atom. The molecule has 0 spiro atoms. The minimum Gasteiger partial charge on any atom is -0.462 e. The zero-order valence-electron chi connectivity index (χ0n) is 34.2. The molecule has 1 heterocycles. The average Bonchev–Trinajstić information content (AvgIpc) is 3.17. The summed E-state index contributed by atoms with van der Waals surface area (Å²) in [7, 11) is 0. The van der Waals surface area contributed by atoms with Gasteiger partial charge >= 0.3 is 11.9 Å². The van der Waals surface area contributed by atoms with Gasteiger partial charge in [-0.1, -0.05) is 154 Å². The van der Waals surface area contributed by atoms with E-state index in [0.717, 1.165) is 51.4 Å². The minimum absolute atomic E-state index is 0.216. The standard InChI is InChI=1S/C44H80O10/c1-3-5-7-9-11-13-15-16-17-18-19-20-21-22-23-25-27-29-31-33-40(47)53-37(36-52-44-43(50)42(49)41(48)38(34-45)54-44)35-51-39(46)32-30-28-26-24-14-12-10-8-6-4-2/h11,13,16-17,37-38,41-45,48-50H,3-10,12,14-15,18-36H2,1-2H3/b13-11-,17-16-. The van der Waals surface area contributed by atoms with Gasteiger partial charge < -0.3 is 39.4 Å². The third-order valence-corrected chi connectivity index (χ3v) is 10.1. The molecule has 0 aromatic rings. The number of rotatable bonds is 36. The molecule has 1 saturated heterocycles. The molecule has 0 saturated carbocycles. The summed E-state index contributed by atoms with van der Waals surface area (Å²) < 4.78 is 22.1. The monoisotopic (exact) mass is 769 g/mol. The molecule has 1 aliphatic heterocycles. The van der Waals surface area contributed by atoms with Crippen LogP contribution >= 0.6 is 0 Å². The molecule has 0 aromatic heterocycles. The molecule has 0 bridgehead atoms. The van der Waals surface area contributed by atoms with Gasteiger partial charge in [0, 0.05) is 12.8 Å². The van der Waals surface area contributed by atoms with Crippen LogP contribution in [0.2, 0.25) is 0 Å². The molecule has 0 aromatic carbocycles. The van der Waals surface area contributed by atoms with Crippen LogP contribution in [0, 0.1) is 0 Å². The summed E-state index contributed by atoms with van der Waals surface area (Å²) in [5.41, 5.74) is 0. The average molecular weight is 769 g/mol. The van der Waals surface area contributed by atoms with Crippen LogP contribution < -0.4 is 0 Å². The molecular formula is C44H80O10. The van der Waals surface area contributed by atoms with E-state index in [9.17, 15) is 30.0 Å². The number of unbranched alkanes of at least 4 members (excludes halogenated alkanes) is 21. The van der Waals surface area contributed by atoms with Crippen LogP contribution in [0.15, 0.2) is 24.3 Å². The van der Waals surface area contributed by atoms with Gasteiger partial charge in [-0.3, -0.25) is 9.59 Å². The van der Waals surface area contributed by atoms with Gasteiger partial charge in [-0.25, -0.2) is 0 Å². The number of hydrogen-bond acceptors (Lipinski definition) is 10. The van der Waals surface area contributed by atoms with E-state index in [1.165, 1.54) is 103 Å². The predicted molar refractivity (Wildman–Crippen MR) is 215 cm³/mol. The van der Waals surface area contributed by atoms with Gasteiger partial charge in [0.15, 0.2) is 12.4 Å². The summed E-state index contributed by atoms with van der Waals surface area (Å²) >= 11 is 0. The second-order valence-electron chi connectivity index (χ2n) is 15.2. The van der Waals surface area contributed by atoms with Gasteiger partial charge in [0.2, 0.25) is 0 Å². The van der Waals surface area contributed by atoms with Gasteiger partial charge in [-0.05, 0) is 44.9 Å². The Bertz CT molecular complexity index is 938. The highest BCUT2D eigenvalue weighted by atomic mass is 16.7. The Morgan fingerprint density at radius 2 is 1.04 bits per heavy atom. The van der Waals surface area contributed by atoms with Crippen molar-refractivity contribution in [3.05, 3.63) is 24.3 Å². The van der Waals surface area contributed by atoms with Crippen molar-refractivity contribution in [2.75, 3.05) is 19.8 Å². The van der Waals surface area contributed by atoms with Crippen molar-refractivity contribution >= 4 is 11.9 Å². The molecule has 0 radical (unpaired) electrons. The molecule has 1 aliphatic rings. The first-order valence-corrected chi connectivity index (χ1v) is 21.9. The molecule has 0 aliphatic carbocycles. The first kappa shape index (κ1) is 50.2. The van der Waals surface area contributed by atoms with Gasteiger partial charge in [-0.15, -0.1) is 0 Å². The van der Waals surface area contributed by atoms with Crippen LogP contribution in [0.1, 0.15) is 187 Å². The van der Waals surface area contributed by atoms with E-state index < -0.39 is 49.4 Å². The lowest BCUT2D eigenvalue weighted by Crippen LogP contribution is -2.59. The van der Waals surface area contributed by atoms with Crippen molar-refractivity contribution in [1.82, 2.24) is 0 Å². The van der Waals surface area contributed by atoms with Crippen molar-refractivity contribution in [3.8, 4) is 0 Å². The van der Waals surface area contributed by atoms with Crippen molar-refractivity contribution in [1.29, 1.82) is 0 Å². The molecule has 4 N–H and O–H groups in total. The van der Waals surface area contributed by atoms with E-state index in [0.29, 0.717) is 6.42 Å². The summed E-state index contributed by atoms with van der Waals surface area (Å²) in [6, 6.07) is 0. The highest BCUT2D eigenvalue weighted by molar-refractivity contribution is 5.70. The normalized spacial score (nSPS) is 20.9. The molecule has 6 unspecified atom stereocenters. The molecule has 1 fully saturated rings. The molecule has 10 nitrogen and oxygen atoms in total. The van der Waals surface area contributed by atoms with Crippen LogP contribution in [-0.2, 0) is 28.5 Å². The Morgan fingerprint density at radius 1 is 0.574 bits per heavy atom. The molecular weight excluding hydrogens is 688 g/mol. The van der Waals surface area contributed by atoms with E-state index in [1.807, 2.05) is 0 Å². The molecule has 1 rings (SSSR count). The van der Waals surface area contributed by atoms with Crippen LogP contribution in [0.25, 0.3) is 0 Å². The SMILES string of the molecule is CCCCC/C=C\C/C=C\CCCCCCCCCCCC(=O)OC(COC(=O)CCCCCCCCCCCC)COC1OC(CO)C(O)C(O)C1O. The van der Waals surface area contributed by atoms with E-state index in [1.54, 1.807) is 0 Å². The smallest absolute Gasteiger partial charge is 0.306 e. The maximum absolute atomic E-state index is 12.7. The van der Waals surface area contributed by atoms with Crippen LogP contribution in [0.5, 0.6) is 0 Å². The number of aliphatic hydroxyl groups is 4. The summed E-state index contributed by atoms with van der Waals surface area (Å²) in [4.78, 5) is 25.2. The largest absolute Gasteiger partial charge is 0.462 e. The molecule has 10 heteroatoms. The Labute approximate surface area is 328 Å². The first-order chi connectivity index (χ1) is 26.3. The van der Waals surface area contributed by atoms with Gasteiger partial charge in [0.25, 0.3) is 0 Å². The Hall–Kier alpha value is -1.82. The lowest BCUT2D eigenvalue weighted by atomic mass is 9.99. The molecule has 0 amide bonds. The number of carbonyl (C=O) groups excluding carboxylic acids is 2. The van der Waals surface area contributed by atoms with Crippen molar-refractivity contribution in [3.63, 3.8) is 0 Å². The van der Waals surface area contributed by atoms with Crippen LogP contribution in [0.3, 0.4) is 0 Å². The Kier molecular flexibility index (Phi) is 33.1. The first-order valence-electron chi connectivity index (χ1n) is 21.9. The van der Waals surface area contributed by atoms with E-state index in [4.69, 9.17) is 18.9 Å². The zero-order valence-corrected chi connectivity index (χ0v) is 34.2. The van der Waals surface area contributed by atoms with Gasteiger partial charge in [-0.2, -0.15) is 0 Å². The van der Waals surface area contributed by atoms with E-state index >= 15 is 0 Å². The number of aliphatic hydroxyl groups excluding tert-OH is 4. The maximum atomic E-state index is 12.7. The van der Waals surface area contributed by atoms with E-state index in [-0.39, 0.29) is 32.0 Å². The maximum Gasteiger partial charge on any atom is 0.306 e. The zero-order chi connectivity index (χ0) is 39.5. The lowest BCUT2D eigenvalue weighted by molar-refractivity contribution is -0.305. The van der Waals surface area contributed by atoms with E-state index in [2.05, 4.69) is 38.2 Å².